The normalized spacial score (nSPS) is 26.3. The maximum atomic E-state index is 11.4. The molecule has 130 valence electrons. The molecule has 2 saturated heterocycles. The number of amides is 1. The molecule has 1 aromatic carbocycles. The van der Waals surface area contributed by atoms with Gasteiger partial charge in [-0.2, -0.15) is 0 Å². The van der Waals surface area contributed by atoms with E-state index in [1.54, 1.807) is 6.07 Å². The van der Waals surface area contributed by atoms with Gasteiger partial charge in [-0.25, -0.2) is 0 Å². The van der Waals surface area contributed by atoms with Crippen molar-refractivity contribution in [2.45, 2.75) is 56.5 Å². The first kappa shape index (κ1) is 16.9. The highest BCUT2D eigenvalue weighted by Gasteiger charge is 2.40. The van der Waals surface area contributed by atoms with Crippen molar-refractivity contribution in [2.24, 2.45) is 5.73 Å². The number of hydrogen-bond acceptors (Lipinski definition) is 4. The van der Waals surface area contributed by atoms with E-state index < -0.39 is 0 Å². The highest BCUT2D eigenvalue weighted by molar-refractivity contribution is 5.92. The Morgan fingerprint density at radius 2 is 2.04 bits per heavy atom. The van der Waals surface area contributed by atoms with E-state index in [-0.39, 0.29) is 11.7 Å². The van der Waals surface area contributed by atoms with Gasteiger partial charge in [-0.05, 0) is 62.3 Å². The summed E-state index contributed by atoms with van der Waals surface area (Å²) >= 11 is 0. The van der Waals surface area contributed by atoms with Crippen molar-refractivity contribution < 1.29 is 10.0 Å². The number of amidine groups is 1. The molecule has 6 heteroatoms. The molecule has 24 heavy (non-hydrogen) atoms. The summed E-state index contributed by atoms with van der Waals surface area (Å²) in [6.07, 6.45) is 6.17. The number of rotatable bonds is 6. The Labute approximate surface area is 142 Å². The fraction of sp³-hybridized carbons (Fsp3) is 0.556. The summed E-state index contributed by atoms with van der Waals surface area (Å²) in [5, 5.41) is 16.1. The first-order chi connectivity index (χ1) is 11.6. The van der Waals surface area contributed by atoms with Crippen LogP contribution in [-0.2, 0) is 0 Å². The highest BCUT2D eigenvalue weighted by Crippen LogP contribution is 2.43. The van der Waals surface area contributed by atoms with Crippen LogP contribution in [0.25, 0.3) is 0 Å². The Balaban J connectivity index is 1.61. The second-order valence-corrected chi connectivity index (χ2v) is 6.97. The minimum Gasteiger partial charge on any atom is -0.366 e. The topological polar surface area (TPSA) is 102 Å². The minimum atomic E-state index is -0.364. The number of nitrogens with zero attached hydrogens (tertiary/aromatic N) is 1. The molecule has 0 aliphatic carbocycles. The number of hydroxylamine groups is 1. The van der Waals surface area contributed by atoms with Gasteiger partial charge in [0.1, 0.15) is 5.84 Å². The maximum absolute atomic E-state index is 11.4. The Bertz CT molecular complexity index is 605. The van der Waals surface area contributed by atoms with Gasteiger partial charge in [-0.3, -0.25) is 25.8 Å². The number of primary amides is 1. The van der Waals surface area contributed by atoms with E-state index in [9.17, 15) is 4.79 Å². The molecule has 0 saturated carbocycles. The van der Waals surface area contributed by atoms with Crippen molar-refractivity contribution in [3.8, 4) is 0 Å². The quantitative estimate of drug-likeness (QED) is 0.365. The Kier molecular flexibility index (Phi) is 5.16. The Morgan fingerprint density at radius 3 is 2.67 bits per heavy atom. The van der Waals surface area contributed by atoms with Gasteiger partial charge < -0.3 is 5.73 Å². The van der Waals surface area contributed by atoms with Gasteiger partial charge in [0.2, 0.25) is 5.91 Å². The van der Waals surface area contributed by atoms with E-state index in [1.807, 2.05) is 17.6 Å². The predicted octanol–water partition coefficient (Wildman–Crippen LogP) is 2.23. The van der Waals surface area contributed by atoms with Gasteiger partial charge in [0.15, 0.2) is 0 Å². The molecule has 0 radical (unpaired) electrons. The van der Waals surface area contributed by atoms with E-state index >= 15 is 0 Å². The third-order valence-electron chi connectivity index (χ3n) is 5.50. The fourth-order valence-corrected chi connectivity index (χ4v) is 4.35. The van der Waals surface area contributed by atoms with Crippen LogP contribution in [-0.4, -0.2) is 40.5 Å². The molecule has 0 aromatic heterocycles. The van der Waals surface area contributed by atoms with Gasteiger partial charge in [-0.15, -0.1) is 0 Å². The summed E-state index contributed by atoms with van der Waals surface area (Å²) < 4.78 is 0. The molecule has 2 aliphatic heterocycles. The number of nitrogens with one attached hydrogen (secondary N) is 2. The average Bonchev–Trinajstić information content (AvgIpc) is 2.82. The predicted molar refractivity (Wildman–Crippen MR) is 92.3 cm³/mol. The highest BCUT2D eigenvalue weighted by atomic mass is 16.5. The number of fused-ring (bicyclic) bond motifs is 2. The Morgan fingerprint density at radius 1 is 1.33 bits per heavy atom. The first-order valence-corrected chi connectivity index (χ1v) is 8.71. The summed E-state index contributed by atoms with van der Waals surface area (Å²) in [6.45, 7) is 0.980. The number of benzene rings is 1. The summed E-state index contributed by atoms with van der Waals surface area (Å²) in [4.78, 5) is 14.0. The van der Waals surface area contributed by atoms with E-state index in [2.05, 4.69) is 11.0 Å². The van der Waals surface area contributed by atoms with E-state index in [0.29, 0.717) is 30.0 Å². The molecular formula is C18H26N4O2. The summed E-state index contributed by atoms with van der Waals surface area (Å²) in [6, 6.07) is 8.94. The molecule has 0 spiro atoms. The smallest absolute Gasteiger partial charge is 0.248 e. The lowest BCUT2D eigenvalue weighted by Crippen LogP contribution is -2.43. The SMILES string of the molecule is N=C(CCCN1[C@@H]2CC[C@H]1C[C@@H](c1cccc(C(N)=O)c1)C2)NO. The van der Waals surface area contributed by atoms with Crippen LogP contribution in [0.5, 0.6) is 0 Å². The lowest BCUT2D eigenvalue weighted by atomic mass is 9.84. The lowest BCUT2D eigenvalue weighted by Gasteiger charge is -2.39. The van der Waals surface area contributed by atoms with Crippen molar-refractivity contribution in [1.82, 2.24) is 10.4 Å². The third kappa shape index (κ3) is 3.60. The lowest BCUT2D eigenvalue weighted by molar-refractivity contribution is 0.1000. The fourth-order valence-electron chi connectivity index (χ4n) is 4.35. The zero-order valence-corrected chi connectivity index (χ0v) is 13.9. The van der Waals surface area contributed by atoms with Crippen LogP contribution >= 0.6 is 0 Å². The number of hydrogen-bond donors (Lipinski definition) is 4. The molecule has 2 fully saturated rings. The summed E-state index contributed by atoms with van der Waals surface area (Å²) in [7, 11) is 0. The molecule has 3 rings (SSSR count). The van der Waals surface area contributed by atoms with Gasteiger partial charge in [0.25, 0.3) is 0 Å². The van der Waals surface area contributed by atoms with Crippen molar-refractivity contribution in [3.63, 3.8) is 0 Å². The Hall–Kier alpha value is -1.92. The average molecular weight is 330 g/mol. The number of carbonyl (C=O) groups excluding carboxylic acids is 1. The first-order valence-electron chi connectivity index (χ1n) is 8.71. The molecular weight excluding hydrogens is 304 g/mol. The van der Waals surface area contributed by atoms with Crippen LogP contribution in [0.2, 0.25) is 0 Å². The molecule has 0 unspecified atom stereocenters. The number of piperidine rings is 1. The molecule has 2 bridgehead atoms. The number of carbonyl (C=O) groups is 1. The van der Waals surface area contributed by atoms with Gasteiger partial charge in [0.05, 0.1) is 0 Å². The zero-order valence-electron chi connectivity index (χ0n) is 13.9. The number of nitrogens with two attached hydrogens (primary N) is 1. The van der Waals surface area contributed by atoms with Crippen molar-refractivity contribution >= 4 is 11.7 Å². The monoisotopic (exact) mass is 330 g/mol. The van der Waals surface area contributed by atoms with Crippen molar-refractivity contribution in [2.75, 3.05) is 6.54 Å². The molecule has 5 N–H and O–H groups in total. The van der Waals surface area contributed by atoms with Gasteiger partial charge >= 0.3 is 0 Å². The second kappa shape index (κ2) is 7.32. The summed E-state index contributed by atoms with van der Waals surface area (Å²) in [5.74, 6) is 0.313. The molecule has 3 atom stereocenters. The zero-order chi connectivity index (χ0) is 17.1. The molecule has 1 aromatic rings. The minimum absolute atomic E-state index is 0.181. The van der Waals surface area contributed by atoms with Crippen LogP contribution in [0.15, 0.2) is 24.3 Å². The summed E-state index contributed by atoms with van der Waals surface area (Å²) in [5.41, 5.74) is 9.14. The standard InChI is InChI=1S/C18H26N4O2/c19-17(21-24)5-2-8-22-15-6-7-16(22)11-14(10-15)12-3-1-4-13(9-12)18(20)23/h1,3-4,9,14-16,24H,2,5-8,10-11H2,(H2,19,21)(H2,20,23)/t14-,15+,16-. The molecule has 6 nitrogen and oxygen atoms in total. The van der Waals surface area contributed by atoms with Gasteiger partial charge in [0, 0.05) is 24.1 Å². The van der Waals surface area contributed by atoms with Crippen LogP contribution in [0.3, 0.4) is 0 Å². The van der Waals surface area contributed by atoms with Crippen molar-refractivity contribution in [3.05, 3.63) is 35.4 Å². The van der Waals surface area contributed by atoms with E-state index in [0.717, 1.165) is 25.8 Å². The third-order valence-corrected chi connectivity index (χ3v) is 5.50. The molecule has 2 aliphatic rings. The van der Waals surface area contributed by atoms with E-state index in [1.165, 1.54) is 18.4 Å². The van der Waals surface area contributed by atoms with Crippen LogP contribution in [0, 0.1) is 5.41 Å². The van der Waals surface area contributed by atoms with Crippen LogP contribution in [0.1, 0.15) is 60.4 Å². The van der Waals surface area contributed by atoms with Crippen molar-refractivity contribution in [1.29, 1.82) is 5.41 Å². The van der Waals surface area contributed by atoms with Gasteiger partial charge in [-0.1, -0.05) is 12.1 Å². The molecule has 2 heterocycles. The van der Waals surface area contributed by atoms with E-state index in [4.69, 9.17) is 16.4 Å². The van der Waals surface area contributed by atoms with Crippen LogP contribution in [0.4, 0.5) is 0 Å². The second-order valence-electron chi connectivity index (χ2n) is 6.97. The molecule has 1 amide bonds. The largest absolute Gasteiger partial charge is 0.366 e. The van der Waals surface area contributed by atoms with Crippen LogP contribution < -0.4 is 11.2 Å². The maximum Gasteiger partial charge on any atom is 0.248 e.